The number of ether oxygens (including phenoxy) is 2. The van der Waals surface area contributed by atoms with E-state index in [-0.39, 0.29) is 6.03 Å². The van der Waals surface area contributed by atoms with E-state index in [0.717, 1.165) is 73.0 Å². The normalized spacial score (nSPS) is 20.8. The van der Waals surface area contributed by atoms with Crippen LogP contribution in [0, 0.1) is 12.8 Å². The number of hydrogen-bond donors (Lipinski definition) is 2. The van der Waals surface area contributed by atoms with Gasteiger partial charge in [0.15, 0.2) is 0 Å². The first-order valence-corrected chi connectivity index (χ1v) is 12.4. The highest BCUT2D eigenvalue weighted by Gasteiger charge is 2.25. The summed E-state index contributed by atoms with van der Waals surface area (Å²) in [5, 5.41) is 6.63. The van der Waals surface area contributed by atoms with Gasteiger partial charge in [0.1, 0.15) is 11.6 Å². The molecule has 1 aromatic carbocycles. The Morgan fingerprint density at radius 1 is 1.12 bits per heavy atom. The lowest BCUT2D eigenvalue weighted by molar-refractivity contribution is 0.0209. The van der Waals surface area contributed by atoms with E-state index in [4.69, 9.17) is 14.5 Å². The van der Waals surface area contributed by atoms with Crippen molar-refractivity contribution in [2.24, 2.45) is 5.92 Å². The number of nitrogens with one attached hydrogen (secondary N) is 2. The molecule has 2 amide bonds. The number of amides is 2. The average Bonchev–Trinajstić information content (AvgIpc) is 3.33. The van der Waals surface area contributed by atoms with Gasteiger partial charge in [0.05, 0.1) is 32.5 Å². The first-order chi connectivity index (χ1) is 16.6. The fraction of sp³-hybridized carbons (Fsp3) is 0.538. The zero-order chi connectivity index (χ0) is 23.5. The third kappa shape index (κ3) is 5.13. The Morgan fingerprint density at radius 3 is 2.65 bits per heavy atom. The summed E-state index contributed by atoms with van der Waals surface area (Å²) in [5.41, 5.74) is 4.15. The van der Waals surface area contributed by atoms with Gasteiger partial charge in [-0.25, -0.2) is 9.78 Å². The van der Waals surface area contributed by atoms with Crippen molar-refractivity contribution >= 4 is 23.4 Å². The molecule has 3 fully saturated rings. The number of carbonyl (C=O) groups excluding carboxylic acids is 1. The van der Waals surface area contributed by atoms with Gasteiger partial charge < -0.3 is 29.9 Å². The summed E-state index contributed by atoms with van der Waals surface area (Å²) >= 11 is 0. The Kier molecular flexibility index (Phi) is 6.87. The molecule has 0 aliphatic carbocycles. The third-order valence-corrected chi connectivity index (χ3v) is 7.09. The first-order valence-electron chi connectivity index (χ1n) is 12.4. The molecule has 0 bridgehead atoms. The molecule has 8 heteroatoms. The van der Waals surface area contributed by atoms with Gasteiger partial charge in [-0.15, -0.1) is 0 Å². The number of aromatic nitrogens is 1. The number of hydrogen-bond acceptors (Lipinski definition) is 6. The average molecular weight is 466 g/mol. The maximum atomic E-state index is 12.8. The van der Waals surface area contributed by atoms with Crippen LogP contribution >= 0.6 is 0 Å². The van der Waals surface area contributed by atoms with Crippen LogP contribution in [0.4, 0.5) is 22.1 Å². The van der Waals surface area contributed by atoms with Gasteiger partial charge in [0, 0.05) is 31.9 Å². The van der Waals surface area contributed by atoms with Crippen molar-refractivity contribution in [3.63, 3.8) is 0 Å². The van der Waals surface area contributed by atoms with Gasteiger partial charge in [-0.05, 0) is 60.2 Å². The molecule has 1 aromatic heterocycles. The number of anilines is 3. The summed E-state index contributed by atoms with van der Waals surface area (Å²) in [5.74, 6) is 2.41. The van der Waals surface area contributed by atoms with Crippen molar-refractivity contribution in [2.45, 2.75) is 32.7 Å². The van der Waals surface area contributed by atoms with Crippen molar-refractivity contribution in [1.82, 2.24) is 9.88 Å². The molecular weight excluding hydrogens is 430 g/mol. The molecule has 0 saturated carbocycles. The van der Waals surface area contributed by atoms with Gasteiger partial charge in [-0.2, -0.15) is 0 Å². The number of aryl methyl sites for hydroxylation is 1. The minimum Gasteiger partial charge on any atom is -0.378 e. The number of likely N-dealkylation sites (tertiary alicyclic amines) is 1. The molecule has 34 heavy (non-hydrogen) atoms. The molecule has 3 aliphatic heterocycles. The number of benzene rings is 1. The molecule has 4 heterocycles. The van der Waals surface area contributed by atoms with Crippen LogP contribution in [0.15, 0.2) is 30.3 Å². The fourth-order valence-corrected chi connectivity index (χ4v) is 4.79. The first kappa shape index (κ1) is 22.9. The largest absolute Gasteiger partial charge is 0.378 e. The van der Waals surface area contributed by atoms with Gasteiger partial charge in [-0.1, -0.05) is 19.4 Å². The zero-order valence-corrected chi connectivity index (χ0v) is 20.2. The molecule has 3 aliphatic rings. The second-order valence-electron chi connectivity index (χ2n) is 9.55. The quantitative estimate of drug-likeness (QED) is 0.672. The molecule has 3 saturated heterocycles. The van der Waals surface area contributed by atoms with Crippen LogP contribution in [0.25, 0.3) is 11.1 Å². The van der Waals surface area contributed by atoms with Gasteiger partial charge >= 0.3 is 6.03 Å². The van der Waals surface area contributed by atoms with Crippen LogP contribution in [0.1, 0.15) is 25.3 Å². The Labute approximate surface area is 201 Å². The van der Waals surface area contributed by atoms with Crippen LogP contribution in [0.2, 0.25) is 0 Å². The number of pyridine rings is 1. The van der Waals surface area contributed by atoms with E-state index < -0.39 is 0 Å². The fourth-order valence-electron chi connectivity index (χ4n) is 4.79. The number of nitrogens with zero attached hydrogens (tertiary/aromatic N) is 3. The number of rotatable bonds is 6. The van der Waals surface area contributed by atoms with E-state index in [9.17, 15) is 4.79 Å². The summed E-state index contributed by atoms with van der Waals surface area (Å²) in [6.07, 6.45) is 2.21. The van der Waals surface area contributed by atoms with Crippen molar-refractivity contribution in [1.29, 1.82) is 0 Å². The maximum Gasteiger partial charge on any atom is 0.321 e. The Morgan fingerprint density at radius 2 is 1.94 bits per heavy atom. The smallest absolute Gasteiger partial charge is 0.321 e. The van der Waals surface area contributed by atoms with Crippen LogP contribution in [-0.2, 0) is 9.47 Å². The van der Waals surface area contributed by atoms with Gasteiger partial charge in [0.2, 0.25) is 0 Å². The predicted molar refractivity (Wildman–Crippen MR) is 135 cm³/mol. The third-order valence-electron chi connectivity index (χ3n) is 7.09. The SMILES string of the molecule is CCC1CCN(C(=O)Nc2ccc(C)c(-c3cc(NC4COC4)nc(N4CCOCC4)c3)c2)C1. The lowest BCUT2D eigenvalue weighted by Gasteiger charge is -2.30. The highest BCUT2D eigenvalue weighted by atomic mass is 16.5. The molecular formula is C26H35N5O3. The Bertz CT molecular complexity index is 1020. The van der Waals surface area contributed by atoms with Crippen LogP contribution < -0.4 is 15.5 Å². The molecule has 2 aromatic rings. The van der Waals surface area contributed by atoms with E-state index >= 15 is 0 Å². The minimum absolute atomic E-state index is 0.0122. The molecule has 8 nitrogen and oxygen atoms in total. The second kappa shape index (κ2) is 10.2. The van der Waals surface area contributed by atoms with Gasteiger partial charge in [-0.3, -0.25) is 0 Å². The molecule has 0 spiro atoms. The van der Waals surface area contributed by atoms with Crippen molar-refractivity contribution in [3.8, 4) is 11.1 Å². The summed E-state index contributed by atoms with van der Waals surface area (Å²) in [6.45, 7) is 10.4. The van der Waals surface area contributed by atoms with E-state index in [2.05, 4.69) is 53.6 Å². The van der Waals surface area contributed by atoms with Crippen molar-refractivity contribution in [2.75, 3.05) is 68.1 Å². The highest BCUT2D eigenvalue weighted by molar-refractivity contribution is 5.91. The lowest BCUT2D eigenvalue weighted by Crippen LogP contribution is -2.41. The highest BCUT2D eigenvalue weighted by Crippen LogP contribution is 2.32. The standard InChI is InChI=1S/C26H35N5O3/c1-3-19-6-7-31(15-19)26(32)28-21-5-4-18(2)23(14-21)20-12-24(27-22-16-34-17-22)29-25(13-20)30-8-10-33-11-9-30/h4-5,12-14,19,22H,3,6-11,15-17H2,1-2H3,(H,27,29)(H,28,32). The Balaban J connectivity index is 1.41. The summed E-state index contributed by atoms with van der Waals surface area (Å²) in [7, 11) is 0. The number of morpholine rings is 1. The predicted octanol–water partition coefficient (Wildman–Crippen LogP) is 3.97. The molecule has 2 N–H and O–H groups in total. The number of carbonyl (C=O) groups is 1. The summed E-state index contributed by atoms with van der Waals surface area (Å²) in [4.78, 5) is 22.0. The van der Waals surface area contributed by atoms with Gasteiger partial charge in [0.25, 0.3) is 0 Å². The van der Waals surface area contributed by atoms with Crippen molar-refractivity contribution < 1.29 is 14.3 Å². The van der Waals surface area contributed by atoms with E-state index in [1.54, 1.807) is 0 Å². The minimum atomic E-state index is -0.0122. The molecule has 5 rings (SSSR count). The molecule has 182 valence electrons. The maximum absolute atomic E-state index is 12.8. The molecule has 0 radical (unpaired) electrons. The second-order valence-corrected chi connectivity index (χ2v) is 9.55. The Hall–Kier alpha value is -2.84. The molecule has 1 atom stereocenters. The topological polar surface area (TPSA) is 79.0 Å². The zero-order valence-electron chi connectivity index (χ0n) is 20.2. The van der Waals surface area contributed by atoms with E-state index in [1.807, 2.05) is 11.0 Å². The lowest BCUT2D eigenvalue weighted by atomic mass is 10.00. The molecule has 1 unspecified atom stereocenters. The monoisotopic (exact) mass is 465 g/mol. The van der Waals surface area contributed by atoms with Crippen molar-refractivity contribution in [3.05, 3.63) is 35.9 Å². The van der Waals surface area contributed by atoms with Crippen LogP contribution in [-0.4, -0.2) is 74.6 Å². The number of urea groups is 1. The summed E-state index contributed by atoms with van der Waals surface area (Å²) < 4.78 is 10.9. The van der Waals surface area contributed by atoms with E-state index in [0.29, 0.717) is 38.4 Å². The van der Waals surface area contributed by atoms with Crippen LogP contribution in [0.3, 0.4) is 0 Å². The van der Waals surface area contributed by atoms with Crippen LogP contribution in [0.5, 0.6) is 0 Å². The summed E-state index contributed by atoms with van der Waals surface area (Å²) in [6, 6.07) is 10.7. The van der Waals surface area contributed by atoms with E-state index in [1.165, 1.54) is 0 Å².